The van der Waals surface area contributed by atoms with Crippen LogP contribution in [0, 0.1) is 0 Å². The summed E-state index contributed by atoms with van der Waals surface area (Å²) in [5, 5.41) is 2.87. The largest absolute Gasteiger partial charge is 0.483 e. The van der Waals surface area contributed by atoms with Crippen LogP contribution in [0.4, 0.5) is 11.4 Å². The molecule has 1 N–H and O–H groups in total. The Morgan fingerprint density at radius 2 is 1.77 bits per heavy atom. The van der Waals surface area contributed by atoms with Crippen LogP contribution in [0.3, 0.4) is 0 Å². The molecule has 0 aliphatic carbocycles. The number of anilines is 2. The highest BCUT2D eigenvalue weighted by molar-refractivity contribution is 5.94. The summed E-state index contributed by atoms with van der Waals surface area (Å²) in [7, 11) is 0. The summed E-state index contributed by atoms with van der Waals surface area (Å²) in [4.78, 5) is 28.8. The number of carbonyl (C=O) groups excluding carboxylic acids is 2. The van der Waals surface area contributed by atoms with Crippen LogP contribution >= 0.6 is 0 Å². The van der Waals surface area contributed by atoms with Crippen LogP contribution < -0.4 is 15.0 Å². The standard InChI is InChI=1S/C24H31N3O4/c1-3-19-7-5-6-8-22(19)31-18-24(29)26(4-2)17-23(28)25-20-9-11-21(12-10-20)27-13-15-30-16-14-27/h5-12H,3-4,13-18H2,1-2H3,(H,25,28). The van der Waals surface area contributed by atoms with Gasteiger partial charge >= 0.3 is 0 Å². The number of rotatable bonds is 9. The van der Waals surface area contributed by atoms with E-state index in [-0.39, 0.29) is 25.0 Å². The number of likely N-dealkylation sites (N-methyl/N-ethyl adjacent to an activating group) is 1. The fraction of sp³-hybridized carbons (Fsp3) is 0.417. The molecule has 0 saturated carbocycles. The molecule has 0 bridgehead atoms. The average molecular weight is 426 g/mol. The summed E-state index contributed by atoms with van der Waals surface area (Å²) in [6.07, 6.45) is 0.828. The van der Waals surface area contributed by atoms with Crippen molar-refractivity contribution in [3.05, 3.63) is 54.1 Å². The number of nitrogens with one attached hydrogen (secondary N) is 1. The summed E-state index contributed by atoms with van der Waals surface area (Å²) in [5.41, 5.74) is 2.87. The fourth-order valence-corrected chi connectivity index (χ4v) is 3.49. The predicted molar refractivity (Wildman–Crippen MR) is 122 cm³/mol. The van der Waals surface area contributed by atoms with E-state index < -0.39 is 0 Å². The molecule has 1 aliphatic rings. The number of ether oxygens (including phenoxy) is 2. The highest BCUT2D eigenvalue weighted by atomic mass is 16.5. The smallest absolute Gasteiger partial charge is 0.260 e. The molecular formula is C24H31N3O4. The molecule has 1 heterocycles. The van der Waals surface area contributed by atoms with Gasteiger partial charge in [0.25, 0.3) is 5.91 Å². The van der Waals surface area contributed by atoms with E-state index in [0.29, 0.717) is 18.0 Å². The molecule has 1 aliphatic heterocycles. The van der Waals surface area contributed by atoms with Gasteiger partial charge in [-0.05, 0) is 49.2 Å². The van der Waals surface area contributed by atoms with Gasteiger partial charge in [-0.15, -0.1) is 0 Å². The molecule has 166 valence electrons. The maximum absolute atomic E-state index is 12.6. The van der Waals surface area contributed by atoms with Crippen molar-refractivity contribution in [2.24, 2.45) is 0 Å². The maximum Gasteiger partial charge on any atom is 0.260 e. The molecule has 0 unspecified atom stereocenters. The van der Waals surface area contributed by atoms with Gasteiger partial charge in [0.05, 0.1) is 19.8 Å². The van der Waals surface area contributed by atoms with E-state index in [2.05, 4.69) is 10.2 Å². The molecular weight excluding hydrogens is 394 g/mol. The molecule has 1 fully saturated rings. The highest BCUT2D eigenvalue weighted by Crippen LogP contribution is 2.20. The van der Waals surface area contributed by atoms with Gasteiger partial charge in [-0.25, -0.2) is 0 Å². The lowest BCUT2D eigenvalue weighted by molar-refractivity contribution is -0.136. The van der Waals surface area contributed by atoms with Gasteiger partial charge in [-0.2, -0.15) is 0 Å². The quantitative estimate of drug-likeness (QED) is 0.669. The number of aryl methyl sites for hydroxylation is 1. The van der Waals surface area contributed by atoms with E-state index in [9.17, 15) is 9.59 Å². The normalized spacial score (nSPS) is 13.5. The van der Waals surface area contributed by atoms with Crippen molar-refractivity contribution in [3.8, 4) is 5.75 Å². The maximum atomic E-state index is 12.6. The van der Waals surface area contributed by atoms with Crippen LogP contribution in [0.15, 0.2) is 48.5 Å². The van der Waals surface area contributed by atoms with Crippen molar-refractivity contribution < 1.29 is 19.1 Å². The average Bonchev–Trinajstić information content (AvgIpc) is 2.82. The molecule has 0 radical (unpaired) electrons. The van der Waals surface area contributed by atoms with E-state index in [0.717, 1.165) is 44.0 Å². The monoisotopic (exact) mass is 425 g/mol. The third kappa shape index (κ3) is 6.46. The van der Waals surface area contributed by atoms with Gasteiger partial charge in [-0.3, -0.25) is 9.59 Å². The van der Waals surface area contributed by atoms with Gasteiger partial charge in [0.15, 0.2) is 6.61 Å². The number of hydrogen-bond donors (Lipinski definition) is 1. The molecule has 2 aromatic rings. The topological polar surface area (TPSA) is 71.1 Å². The summed E-state index contributed by atoms with van der Waals surface area (Å²) < 4.78 is 11.1. The van der Waals surface area contributed by atoms with Crippen LogP contribution in [0.1, 0.15) is 19.4 Å². The Balaban J connectivity index is 1.50. The molecule has 0 atom stereocenters. The second-order valence-corrected chi connectivity index (χ2v) is 7.35. The van der Waals surface area contributed by atoms with E-state index in [1.807, 2.05) is 62.4 Å². The minimum Gasteiger partial charge on any atom is -0.483 e. The van der Waals surface area contributed by atoms with Gasteiger partial charge in [0.1, 0.15) is 5.75 Å². The van der Waals surface area contributed by atoms with Crippen molar-refractivity contribution in [1.29, 1.82) is 0 Å². The minimum absolute atomic E-state index is 0.0146. The van der Waals surface area contributed by atoms with Crippen LogP contribution in [0.25, 0.3) is 0 Å². The summed E-state index contributed by atoms with van der Waals surface area (Å²) in [6.45, 7) is 7.41. The zero-order valence-corrected chi connectivity index (χ0v) is 18.3. The van der Waals surface area contributed by atoms with Crippen molar-refractivity contribution in [3.63, 3.8) is 0 Å². The van der Waals surface area contributed by atoms with Gasteiger partial charge < -0.3 is 24.6 Å². The zero-order chi connectivity index (χ0) is 22.1. The molecule has 0 spiro atoms. The highest BCUT2D eigenvalue weighted by Gasteiger charge is 2.17. The number of carbonyl (C=O) groups is 2. The molecule has 3 rings (SSSR count). The molecule has 31 heavy (non-hydrogen) atoms. The number of benzene rings is 2. The Morgan fingerprint density at radius 1 is 1.06 bits per heavy atom. The Bertz CT molecular complexity index is 863. The van der Waals surface area contributed by atoms with Crippen molar-refractivity contribution in [1.82, 2.24) is 4.90 Å². The van der Waals surface area contributed by atoms with Crippen LogP contribution in [-0.2, 0) is 20.7 Å². The molecule has 2 aromatic carbocycles. The van der Waals surface area contributed by atoms with E-state index in [1.165, 1.54) is 4.90 Å². The first-order chi connectivity index (χ1) is 15.1. The summed E-state index contributed by atoms with van der Waals surface area (Å²) in [5.74, 6) is 0.258. The number of hydrogen-bond acceptors (Lipinski definition) is 5. The van der Waals surface area contributed by atoms with Crippen molar-refractivity contribution in [2.75, 3.05) is 56.2 Å². The number of morpholine rings is 1. The summed E-state index contributed by atoms with van der Waals surface area (Å²) >= 11 is 0. The summed E-state index contributed by atoms with van der Waals surface area (Å²) in [6, 6.07) is 15.4. The van der Waals surface area contributed by atoms with E-state index in [1.54, 1.807) is 0 Å². The Labute approximate surface area is 183 Å². The van der Waals surface area contributed by atoms with Gasteiger partial charge in [0.2, 0.25) is 5.91 Å². The molecule has 7 nitrogen and oxygen atoms in total. The van der Waals surface area contributed by atoms with Crippen molar-refractivity contribution in [2.45, 2.75) is 20.3 Å². The third-order valence-electron chi connectivity index (χ3n) is 5.30. The van der Waals surface area contributed by atoms with Gasteiger partial charge in [0, 0.05) is 31.0 Å². The first-order valence-corrected chi connectivity index (χ1v) is 10.8. The van der Waals surface area contributed by atoms with Crippen molar-refractivity contribution >= 4 is 23.2 Å². The Hall–Kier alpha value is -3.06. The number of para-hydroxylation sites is 1. The zero-order valence-electron chi connectivity index (χ0n) is 18.3. The molecule has 0 aromatic heterocycles. The first kappa shape index (κ1) is 22.6. The molecule has 7 heteroatoms. The molecule has 1 saturated heterocycles. The number of nitrogens with zero attached hydrogens (tertiary/aromatic N) is 2. The fourth-order valence-electron chi connectivity index (χ4n) is 3.49. The number of amides is 2. The van der Waals surface area contributed by atoms with Crippen LogP contribution in [0.5, 0.6) is 5.75 Å². The van der Waals surface area contributed by atoms with Gasteiger partial charge in [-0.1, -0.05) is 25.1 Å². The van der Waals surface area contributed by atoms with E-state index >= 15 is 0 Å². The lowest BCUT2D eigenvalue weighted by Gasteiger charge is -2.29. The Morgan fingerprint density at radius 3 is 2.45 bits per heavy atom. The second kappa shape index (κ2) is 11.4. The van der Waals surface area contributed by atoms with E-state index in [4.69, 9.17) is 9.47 Å². The predicted octanol–water partition coefficient (Wildman–Crippen LogP) is 2.95. The Kier molecular flexibility index (Phi) is 8.29. The lowest BCUT2D eigenvalue weighted by Crippen LogP contribution is -2.40. The first-order valence-electron chi connectivity index (χ1n) is 10.8. The minimum atomic E-state index is -0.233. The SMILES string of the molecule is CCc1ccccc1OCC(=O)N(CC)CC(=O)Nc1ccc(N2CCOCC2)cc1. The third-order valence-corrected chi connectivity index (χ3v) is 5.30. The second-order valence-electron chi connectivity index (χ2n) is 7.35. The lowest BCUT2D eigenvalue weighted by atomic mass is 10.1. The molecule has 2 amide bonds. The van der Waals surface area contributed by atoms with Crippen LogP contribution in [-0.4, -0.2) is 62.7 Å². The van der Waals surface area contributed by atoms with Crippen LogP contribution in [0.2, 0.25) is 0 Å².